The Hall–Kier alpha value is -4.18. The fourth-order valence-electron chi connectivity index (χ4n) is 4.09. The van der Waals surface area contributed by atoms with Gasteiger partial charge in [-0.25, -0.2) is 22.7 Å². The number of hydrogen-bond acceptors (Lipinski definition) is 4. The number of anilines is 1. The van der Waals surface area contributed by atoms with Crippen LogP contribution in [-0.4, -0.2) is 30.3 Å². The highest BCUT2D eigenvalue weighted by Crippen LogP contribution is 2.28. The van der Waals surface area contributed by atoms with Gasteiger partial charge in [0.05, 0.1) is 35.5 Å². The van der Waals surface area contributed by atoms with Crippen LogP contribution in [0, 0.1) is 19.7 Å². The van der Waals surface area contributed by atoms with Crippen molar-refractivity contribution in [2.75, 3.05) is 5.32 Å². The molecule has 0 fully saturated rings. The molecule has 5 aromatic rings. The molecule has 37 heavy (non-hydrogen) atoms. The van der Waals surface area contributed by atoms with Crippen molar-refractivity contribution in [3.8, 4) is 11.3 Å². The van der Waals surface area contributed by atoms with Gasteiger partial charge in [-0.2, -0.15) is 10.2 Å². The van der Waals surface area contributed by atoms with E-state index in [2.05, 4.69) is 20.5 Å². The van der Waals surface area contributed by atoms with E-state index < -0.39 is 23.8 Å². The number of nitrogens with zero attached hydrogens (tertiary/aromatic N) is 5. The van der Waals surface area contributed by atoms with Crippen LogP contribution >= 0.6 is 11.6 Å². The molecule has 0 radical (unpaired) electrons. The summed E-state index contributed by atoms with van der Waals surface area (Å²) in [5, 5.41) is 11.9. The monoisotopic (exact) mass is 524 g/mol. The van der Waals surface area contributed by atoms with Gasteiger partial charge in [-0.15, -0.1) is 0 Å². The van der Waals surface area contributed by atoms with E-state index in [1.54, 1.807) is 17.7 Å². The van der Waals surface area contributed by atoms with Crippen molar-refractivity contribution in [1.82, 2.24) is 24.4 Å². The number of alkyl halides is 2. The van der Waals surface area contributed by atoms with E-state index in [0.29, 0.717) is 34.2 Å². The minimum atomic E-state index is -2.88. The standard InChI is InChI=1S/C26H20ClF3N6O/c1-14-23(15(2)35(34-14)13-16-4-3-5-18(27)10-16)33-26(37)20-12-31-36-22(24(29)30)11-21(32-25(20)36)17-6-8-19(28)9-7-17/h3-12,24H,13H2,1-2H3,(H,33,37). The largest absolute Gasteiger partial charge is 0.319 e. The van der Waals surface area contributed by atoms with Crippen molar-refractivity contribution >= 4 is 28.8 Å². The lowest BCUT2D eigenvalue weighted by molar-refractivity contribution is 0.102. The van der Waals surface area contributed by atoms with Gasteiger partial charge in [0.1, 0.15) is 17.1 Å². The number of aryl methyl sites for hydroxylation is 1. The Morgan fingerprint density at radius 2 is 1.86 bits per heavy atom. The Labute approximate surface area is 214 Å². The minimum absolute atomic E-state index is 0.00672. The molecule has 1 amide bonds. The number of halogens is 4. The number of benzene rings is 2. The number of carbonyl (C=O) groups excluding carboxylic acids is 1. The van der Waals surface area contributed by atoms with E-state index in [-0.39, 0.29) is 16.9 Å². The highest BCUT2D eigenvalue weighted by atomic mass is 35.5. The molecule has 188 valence electrons. The van der Waals surface area contributed by atoms with Gasteiger partial charge in [-0.3, -0.25) is 9.48 Å². The van der Waals surface area contributed by atoms with Crippen LogP contribution in [0.4, 0.5) is 18.9 Å². The van der Waals surface area contributed by atoms with E-state index in [1.165, 1.54) is 36.5 Å². The maximum Gasteiger partial charge on any atom is 0.280 e. The average molecular weight is 525 g/mol. The van der Waals surface area contributed by atoms with Crippen LogP contribution in [0.3, 0.4) is 0 Å². The van der Waals surface area contributed by atoms with Crippen molar-refractivity contribution in [2.24, 2.45) is 0 Å². The molecule has 7 nitrogen and oxygen atoms in total. The summed E-state index contributed by atoms with van der Waals surface area (Å²) in [6.45, 7) is 4.02. The summed E-state index contributed by atoms with van der Waals surface area (Å²) in [7, 11) is 0. The molecular weight excluding hydrogens is 505 g/mol. The Bertz CT molecular complexity index is 1630. The first-order valence-electron chi connectivity index (χ1n) is 11.2. The molecule has 0 saturated heterocycles. The quantitative estimate of drug-likeness (QED) is 0.285. The maximum atomic E-state index is 13.9. The summed E-state index contributed by atoms with van der Waals surface area (Å²) in [4.78, 5) is 17.7. The molecule has 0 aliphatic heterocycles. The Morgan fingerprint density at radius 1 is 1.11 bits per heavy atom. The molecule has 0 atom stereocenters. The molecule has 11 heteroatoms. The molecule has 0 saturated carbocycles. The Kier molecular flexibility index (Phi) is 6.43. The van der Waals surface area contributed by atoms with Crippen molar-refractivity contribution < 1.29 is 18.0 Å². The first-order chi connectivity index (χ1) is 17.7. The number of fused-ring (bicyclic) bond motifs is 1. The van der Waals surface area contributed by atoms with Crippen LogP contribution in [-0.2, 0) is 6.54 Å². The number of hydrogen-bond donors (Lipinski definition) is 1. The van der Waals surface area contributed by atoms with E-state index in [1.807, 2.05) is 25.1 Å². The maximum absolute atomic E-state index is 13.9. The van der Waals surface area contributed by atoms with Crippen LogP contribution in [0.15, 0.2) is 60.8 Å². The molecule has 3 aromatic heterocycles. The van der Waals surface area contributed by atoms with Gasteiger partial charge < -0.3 is 5.32 Å². The SMILES string of the molecule is Cc1nn(Cc2cccc(Cl)c2)c(C)c1NC(=O)c1cnn2c(C(F)F)cc(-c3ccc(F)cc3)nc12. The second kappa shape index (κ2) is 9.70. The van der Waals surface area contributed by atoms with Crippen molar-refractivity contribution in [1.29, 1.82) is 0 Å². The lowest BCUT2D eigenvalue weighted by atomic mass is 10.1. The third kappa shape index (κ3) is 4.79. The molecule has 0 aliphatic rings. The second-order valence-electron chi connectivity index (χ2n) is 8.46. The molecular formula is C26H20ClF3N6O. The summed E-state index contributed by atoms with van der Waals surface area (Å²) in [6, 6.07) is 13.8. The molecule has 5 rings (SSSR count). The van der Waals surface area contributed by atoms with E-state index in [0.717, 1.165) is 10.1 Å². The molecule has 1 N–H and O–H groups in total. The van der Waals surface area contributed by atoms with Crippen LogP contribution in [0.2, 0.25) is 5.02 Å². The van der Waals surface area contributed by atoms with Crippen molar-refractivity contribution in [3.05, 3.63) is 99.8 Å². The zero-order valence-corrected chi connectivity index (χ0v) is 20.5. The van der Waals surface area contributed by atoms with E-state index >= 15 is 0 Å². The summed E-state index contributed by atoms with van der Waals surface area (Å²) in [6.07, 6.45) is -1.69. The predicted octanol–water partition coefficient (Wildman–Crippen LogP) is 6.24. The third-order valence-electron chi connectivity index (χ3n) is 5.95. The zero-order chi connectivity index (χ0) is 26.3. The van der Waals surface area contributed by atoms with Gasteiger partial charge in [-0.1, -0.05) is 23.7 Å². The van der Waals surface area contributed by atoms with E-state index in [4.69, 9.17) is 11.6 Å². The molecule has 0 unspecified atom stereocenters. The van der Waals surface area contributed by atoms with Gasteiger partial charge in [0.15, 0.2) is 5.65 Å². The number of amides is 1. The number of carbonyl (C=O) groups is 1. The van der Waals surface area contributed by atoms with Crippen molar-refractivity contribution in [3.63, 3.8) is 0 Å². The molecule has 2 aromatic carbocycles. The predicted molar refractivity (Wildman–Crippen MR) is 134 cm³/mol. The normalized spacial score (nSPS) is 11.4. The first-order valence-corrected chi connectivity index (χ1v) is 11.6. The molecule has 0 spiro atoms. The lowest BCUT2D eigenvalue weighted by Gasteiger charge is -2.09. The van der Waals surface area contributed by atoms with Crippen LogP contribution in [0.1, 0.15) is 39.4 Å². The minimum Gasteiger partial charge on any atom is -0.319 e. The Balaban J connectivity index is 1.50. The van der Waals surface area contributed by atoms with Crippen LogP contribution in [0.5, 0.6) is 0 Å². The van der Waals surface area contributed by atoms with Crippen LogP contribution < -0.4 is 5.32 Å². The fraction of sp³-hybridized carbons (Fsp3) is 0.154. The van der Waals surface area contributed by atoms with Gasteiger partial charge in [0.25, 0.3) is 12.3 Å². The lowest BCUT2D eigenvalue weighted by Crippen LogP contribution is -2.14. The third-order valence-corrected chi connectivity index (χ3v) is 6.18. The van der Waals surface area contributed by atoms with Gasteiger partial charge in [0, 0.05) is 10.6 Å². The fourth-order valence-corrected chi connectivity index (χ4v) is 4.30. The number of rotatable bonds is 6. The highest BCUT2D eigenvalue weighted by molar-refractivity contribution is 6.30. The molecule has 0 aliphatic carbocycles. The summed E-state index contributed by atoms with van der Waals surface area (Å²) >= 11 is 6.08. The van der Waals surface area contributed by atoms with Gasteiger partial charge in [0.2, 0.25) is 0 Å². The zero-order valence-electron chi connectivity index (χ0n) is 19.7. The van der Waals surface area contributed by atoms with E-state index in [9.17, 15) is 18.0 Å². The molecule has 3 heterocycles. The smallest absolute Gasteiger partial charge is 0.280 e. The summed E-state index contributed by atoms with van der Waals surface area (Å²) in [5.74, 6) is -1.04. The number of aromatic nitrogens is 5. The molecule has 0 bridgehead atoms. The first kappa shape index (κ1) is 24.5. The van der Waals surface area contributed by atoms with Crippen LogP contribution in [0.25, 0.3) is 16.9 Å². The topological polar surface area (TPSA) is 77.1 Å². The summed E-state index contributed by atoms with van der Waals surface area (Å²) < 4.78 is 43.8. The average Bonchev–Trinajstić information content (AvgIpc) is 3.40. The highest BCUT2D eigenvalue weighted by Gasteiger charge is 2.23. The second-order valence-corrected chi connectivity index (χ2v) is 8.89. The van der Waals surface area contributed by atoms with Crippen molar-refractivity contribution in [2.45, 2.75) is 26.8 Å². The Morgan fingerprint density at radius 3 is 2.57 bits per heavy atom. The number of nitrogens with one attached hydrogen (secondary N) is 1. The summed E-state index contributed by atoms with van der Waals surface area (Å²) in [5.41, 5.74) is 2.83. The van der Waals surface area contributed by atoms with Gasteiger partial charge >= 0.3 is 0 Å². The van der Waals surface area contributed by atoms with Gasteiger partial charge in [-0.05, 0) is 61.9 Å².